The van der Waals surface area contributed by atoms with Crippen LogP contribution in [0.2, 0.25) is 0 Å². The Morgan fingerprint density at radius 2 is 2.25 bits per heavy atom. The molecule has 1 saturated heterocycles. The quantitative estimate of drug-likeness (QED) is 0.782. The van der Waals surface area contributed by atoms with Crippen LogP contribution in [0.25, 0.3) is 0 Å². The molecule has 4 nitrogen and oxygen atoms in total. The van der Waals surface area contributed by atoms with E-state index in [9.17, 15) is 9.59 Å². The zero-order valence-electron chi connectivity index (χ0n) is 12.4. The van der Waals surface area contributed by atoms with E-state index in [2.05, 4.69) is 24.1 Å². The molecule has 1 aliphatic carbocycles. The number of amides is 1. The van der Waals surface area contributed by atoms with Crippen LogP contribution in [0.5, 0.6) is 0 Å². The summed E-state index contributed by atoms with van der Waals surface area (Å²) < 4.78 is 0. The van der Waals surface area contributed by atoms with E-state index in [1.165, 1.54) is 13.3 Å². The monoisotopic (exact) mass is 274 g/mol. The van der Waals surface area contributed by atoms with Crippen LogP contribution < -0.4 is 5.32 Å². The van der Waals surface area contributed by atoms with Crippen molar-refractivity contribution in [1.29, 1.82) is 0 Å². The molecule has 0 radical (unpaired) electrons. The predicted molar refractivity (Wildman–Crippen MR) is 78.6 cm³/mol. The van der Waals surface area contributed by atoms with Gasteiger partial charge in [0.25, 0.3) is 0 Å². The summed E-state index contributed by atoms with van der Waals surface area (Å²) in [7, 11) is 0. The van der Waals surface area contributed by atoms with E-state index >= 15 is 0 Å². The van der Waals surface area contributed by atoms with Gasteiger partial charge in [-0.3, -0.25) is 4.79 Å². The number of likely N-dealkylation sites (tertiary alicyclic amines) is 1. The highest BCUT2D eigenvalue weighted by atomic mass is 16.1. The third kappa shape index (κ3) is 3.20. The van der Waals surface area contributed by atoms with E-state index in [0.717, 1.165) is 25.2 Å². The van der Waals surface area contributed by atoms with Gasteiger partial charge in [-0.15, -0.1) is 0 Å². The first kappa shape index (κ1) is 14.6. The molecular weight excluding hydrogens is 252 g/mol. The number of hydrogen-bond donors (Lipinski definition) is 1. The first-order valence-corrected chi connectivity index (χ1v) is 7.09. The second kappa shape index (κ2) is 5.68. The molecule has 1 fully saturated rings. The Labute approximate surface area is 120 Å². The molecule has 1 unspecified atom stereocenters. The summed E-state index contributed by atoms with van der Waals surface area (Å²) >= 11 is 0. The van der Waals surface area contributed by atoms with E-state index in [0.29, 0.717) is 5.57 Å². The second-order valence-corrected chi connectivity index (χ2v) is 6.32. The predicted octanol–water partition coefficient (Wildman–Crippen LogP) is 1.82. The van der Waals surface area contributed by atoms with Crippen LogP contribution in [0, 0.1) is 5.41 Å². The lowest BCUT2D eigenvalue weighted by Gasteiger charge is -2.41. The Balaban J connectivity index is 2.22. The van der Waals surface area contributed by atoms with Crippen molar-refractivity contribution in [1.82, 2.24) is 10.2 Å². The van der Waals surface area contributed by atoms with Crippen molar-refractivity contribution in [2.75, 3.05) is 13.1 Å². The maximum Gasteiger partial charge on any atom is 0.217 e. The molecular formula is C16H22N2O2. The van der Waals surface area contributed by atoms with Crippen LogP contribution in [-0.4, -0.2) is 35.9 Å². The average Bonchev–Trinajstić information content (AvgIpc) is 2.36. The standard InChI is InChI=1S/C16H22N2O2/c1-12(20)17-14-6-4-7-15(13(14)10-19)18-9-5-8-16(2,3)11-18/h4,6-7,14H,5,8-9,11H2,1-3H3,(H,17,20). The number of nitrogens with one attached hydrogen (secondary N) is 1. The number of allylic oxidation sites excluding steroid dienone is 2. The lowest BCUT2D eigenvalue weighted by atomic mass is 9.83. The average molecular weight is 274 g/mol. The normalized spacial score (nSPS) is 24.9. The third-order valence-corrected chi connectivity index (χ3v) is 3.85. The van der Waals surface area contributed by atoms with Gasteiger partial charge in [0.15, 0.2) is 0 Å². The lowest BCUT2D eigenvalue weighted by Crippen LogP contribution is -2.43. The van der Waals surface area contributed by atoms with Crippen molar-refractivity contribution < 1.29 is 9.59 Å². The van der Waals surface area contributed by atoms with Crippen LogP contribution in [0.15, 0.2) is 29.5 Å². The highest BCUT2D eigenvalue weighted by Crippen LogP contribution is 2.33. The molecule has 1 aliphatic heterocycles. The second-order valence-electron chi connectivity index (χ2n) is 6.32. The Bertz CT molecular complexity index is 511. The number of nitrogens with zero attached hydrogens (tertiary/aromatic N) is 1. The Morgan fingerprint density at radius 1 is 1.50 bits per heavy atom. The smallest absolute Gasteiger partial charge is 0.217 e. The molecule has 20 heavy (non-hydrogen) atoms. The zero-order chi connectivity index (χ0) is 14.8. The molecule has 1 heterocycles. The maximum atomic E-state index is 11.4. The van der Waals surface area contributed by atoms with Gasteiger partial charge in [-0.05, 0) is 24.3 Å². The molecule has 4 heteroatoms. The van der Waals surface area contributed by atoms with Crippen molar-refractivity contribution in [3.63, 3.8) is 0 Å². The van der Waals surface area contributed by atoms with Gasteiger partial charge >= 0.3 is 0 Å². The van der Waals surface area contributed by atoms with Crippen LogP contribution in [0.4, 0.5) is 0 Å². The molecule has 0 spiro atoms. The van der Waals surface area contributed by atoms with E-state index in [-0.39, 0.29) is 17.4 Å². The van der Waals surface area contributed by atoms with Crippen molar-refractivity contribution in [2.45, 2.75) is 39.7 Å². The number of hydrogen-bond acceptors (Lipinski definition) is 3. The first-order chi connectivity index (χ1) is 9.43. The minimum absolute atomic E-state index is 0.146. The molecule has 0 aromatic carbocycles. The zero-order valence-corrected chi connectivity index (χ0v) is 12.4. The van der Waals surface area contributed by atoms with Gasteiger partial charge in [-0.25, -0.2) is 4.79 Å². The number of piperidine rings is 1. The SMILES string of the molecule is CC(=O)NC1C=CC=C(N2CCCC(C)(C)C2)C1=C=O. The van der Waals surface area contributed by atoms with Crippen molar-refractivity contribution in [2.24, 2.45) is 5.41 Å². The van der Waals surface area contributed by atoms with Crippen LogP contribution in [-0.2, 0) is 9.59 Å². The number of rotatable bonds is 2. The molecule has 108 valence electrons. The Hall–Kier alpha value is -1.80. The van der Waals surface area contributed by atoms with Crippen LogP contribution >= 0.6 is 0 Å². The minimum Gasteiger partial charge on any atom is -0.370 e. The van der Waals surface area contributed by atoms with Crippen molar-refractivity contribution in [3.05, 3.63) is 29.5 Å². The molecule has 0 saturated carbocycles. The van der Waals surface area contributed by atoms with Crippen molar-refractivity contribution in [3.8, 4) is 0 Å². The summed E-state index contributed by atoms with van der Waals surface area (Å²) in [5, 5.41) is 2.78. The Morgan fingerprint density at radius 3 is 2.85 bits per heavy atom. The minimum atomic E-state index is -0.366. The number of carbonyl (C=O) groups is 1. The third-order valence-electron chi connectivity index (χ3n) is 3.85. The molecule has 0 aromatic rings. The maximum absolute atomic E-state index is 11.4. The topological polar surface area (TPSA) is 49.4 Å². The first-order valence-electron chi connectivity index (χ1n) is 7.09. The highest BCUT2D eigenvalue weighted by molar-refractivity contribution is 5.76. The van der Waals surface area contributed by atoms with Gasteiger partial charge in [0, 0.05) is 20.0 Å². The van der Waals surface area contributed by atoms with Crippen LogP contribution in [0.3, 0.4) is 0 Å². The lowest BCUT2D eigenvalue weighted by molar-refractivity contribution is -0.119. The summed E-state index contributed by atoms with van der Waals surface area (Å²) in [6.45, 7) is 7.81. The van der Waals surface area contributed by atoms with Crippen molar-refractivity contribution >= 4 is 11.8 Å². The molecule has 1 amide bonds. The summed E-state index contributed by atoms with van der Waals surface area (Å²) in [5.74, 6) is 1.88. The summed E-state index contributed by atoms with van der Waals surface area (Å²) in [4.78, 5) is 24.8. The van der Waals surface area contributed by atoms with Gasteiger partial charge in [-0.2, -0.15) is 0 Å². The van der Waals surface area contributed by atoms with E-state index in [1.807, 2.05) is 24.2 Å². The summed E-state index contributed by atoms with van der Waals surface area (Å²) in [6, 6.07) is -0.366. The summed E-state index contributed by atoms with van der Waals surface area (Å²) in [6.07, 6.45) is 7.98. The fraction of sp³-hybridized carbons (Fsp3) is 0.562. The Kier molecular flexibility index (Phi) is 4.15. The van der Waals surface area contributed by atoms with E-state index in [4.69, 9.17) is 0 Å². The van der Waals surface area contributed by atoms with Gasteiger partial charge in [0.05, 0.1) is 17.3 Å². The molecule has 2 rings (SSSR count). The van der Waals surface area contributed by atoms with E-state index < -0.39 is 0 Å². The summed E-state index contributed by atoms with van der Waals surface area (Å²) in [5.41, 5.74) is 1.67. The van der Waals surface area contributed by atoms with Gasteiger partial charge in [0.2, 0.25) is 5.91 Å². The van der Waals surface area contributed by atoms with Gasteiger partial charge < -0.3 is 10.2 Å². The highest BCUT2D eigenvalue weighted by Gasteiger charge is 2.31. The molecule has 0 bridgehead atoms. The van der Waals surface area contributed by atoms with Crippen LogP contribution in [0.1, 0.15) is 33.6 Å². The molecule has 0 aromatic heterocycles. The molecule has 2 aliphatic rings. The fourth-order valence-electron chi connectivity index (χ4n) is 2.96. The van der Waals surface area contributed by atoms with E-state index in [1.54, 1.807) is 0 Å². The van der Waals surface area contributed by atoms with Gasteiger partial charge in [-0.1, -0.05) is 26.0 Å². The largest absolute Gasteiger partial charge is 0.370 e. The van der Waals surface area contributed by atoms with Gasteiger partial charge in [0.1, 0.15) is 5.94 Å². The molecule has 1 atom stereocenters. The molecule has 1 N–H and O–H groups in total. The fourth-order valence-corrected chi connectivity index (χ4v) is 2.96. The number of carbonyl (C=O) groups excluding carboxylic acids is 2.